The fourth-order valence-corrected chi connectivity index (χ4v) is 2.14. The van der Waals surface area contributed by atoms with Crippen molar-refractivity contribution in [3.05, 3.63) is 0 Å². The fraction of sp³-hybridized carbons (Fsp3) is 0.917. The summed E-state index contributed by atoms with van der Waals surface area (Å²) >= 11 is 0. The highest BCUT2D eigenvalue weighted by Crippen LogP contribution is 2.17. The summed E-state index contributed by atoms with van der Waals surface area (Å²) in [5.74, 6) is 0.352. The number of carbonyl (C=O) groups excluding carboxylic acids is 1. The molecule has 17 heavy (non-hydrogen) atoms. The van der Waals surface area contributed by atoms with Gasteiger partial charge in [-0.05, 0) is 38.3 Å². The van der Waals surface area contributed by atoms with Gasteiger partial charge in [0.25, 0.3) is 0 Å². The SMILES string of the molecule is CCC(CO)(CO)NC(=O)CC1CCNCC1. The lowest BCUT2D eigenvalue weighted by Crippen LogP contribution is -2.54. The molecule has 1 aliphatic heterocycles. The third-order valence-electron chi connectivity index (χ3n) is 3.62. The van der Waals surface area contributed by atoms with Gasteiger partial charge in [0, 0.05) is 6.42 Å². The van der Waals surface area contributed by atoms with Gasteiger partial charge in [-0.25, -0.2) is 0 Å². The van der Waals surface area contributed by atoms with Gasteiger partial charge < -0.3 is 20.8 Å². The van der Waals surface area contributed by atoms with Crippen LogP contribution in [0.2, 0.25) is 0 Å². The predicted molar refractivity (Wildman–Crippen MR) is 65.5 cm³/mol. The minimum absolute atomic E-state index is 0.0677. The number of hydrogen-bond donors (Lipinski definition) is 4. The Kier molecular flexibility index (Phi) is 5.88. The molecule has 4 N–H and O–H groups in total. The number of amides is 1. The van der Waals surface area contributed by atoms with Crippen molar-refractivity contribution >= 4 is 5.91 Å². The first-order chi connectivity index (χ1) is 8.15. The number of piperidine rings is 1. The molecule has 0 spiro atoms. The molecule has 0 aromatic carbocycles. The Morgan fingerprint density at radius 1 is 1.35 bits per heavy atom. The van der Waals surface area contributed by atoms with Gasteiger partial charge in [0.1, 0.15) is 0 Å². The molecule has 1 fully saturated rings. The van der Waals surface area contributed by atoms with Gasteiger partial charge in [-0.15, -0.1) is 0 Å². The van der Waals surface area contributed by atoms with E-state index < -0.39 is 5.54 Å². The molecule has 1 saturated heterocycles. The summed E-state index contributed by atoms with van der Waals surface area (Å²) < 4.78 is 0. The second kappa shape index (κ2) is 6.93. The Hall–Kier alpha value is -0.650. The van der Waals surface area contributed by atoms with E-state index in [1.54, 1.807) is 0 Å². The molecule has 5 heteroatoms. The van der Waals surface area contributed by atoms with Crippen molar-refractivity contribution in [2.75, 3.05) is 26.3 Å². The van der Waals surface area contributed by atoms with E-state index >= 15 is 0 Å². The summed E-state index contributed by atoms with van der Waals surface area (Å²) in [4.78, 5) is 11.8. The molecule has 1 aliphatic rings. The fourth-order valence-electron chi connectivity index (χ4n) is 2.14. The van der Waals surface area contributed by atoms with E-state index in [1.807, 2.05) is 6.92 Å². The largest absolute Gasteiger partial charge is 0.394 e. The Labute approximate surface area is 103 Å². The number of rotatable bonds is 6. The van der Waals surface area contributed by atoms with E-state index in [9.17, 15) is 15.0 Å². The summed E-state index contributed by atoms with van der Waals surface area (Å²) in [6.07, 6.45) is 3.05. The standard InChI is InChI=1S/C12H24N2O3/c1-2-12(8-15,9-16)14-11(17)7-10-3-5-13-6-4-10/h10,13,15-16H,2-9H2,1H3,(H,14,17). The molecule has 1 rings (SSSR count). The number of aliphatic hydroxyl groups excluding tert-OH is 2. The van der Waals surface area contributed by atoms with Gasteiger partial charge in [0.2, 0.25) is 5.91 Å². The molecule has 0 saturated carbocycles. The Morgan fingerprint density at radius 2 is 1.94 bits per heavy atom. The van der Waals surface area contributed by atoms with E-state index in [0.29, 0.717) is 18.8 Å². The Morgan fingerprint density at radius 3 is 2.41 bits per heavy atom. The number of carbonyl (C=O) groups is 1. The molecule has 1 heterocycles. The Balaban J connectivity index is 2.41. The first-order valence-corrected chi connectivity index (χ1v) is 6.39. The summed E-state index contributed by atoms with van der Waals surface area (Å²) in [5.41, 5.74) is -0.857. The summed E-state index contributed by atoms with van der Waals surface area (Å²) in [6, 6.07) is 0. The van der Waals surface area contributed by atoms with E-state index in [2.05, 4.69) is 10.6 Å². The van der Waals surface area contributed by atoms with Crippen molar-refractivity contribution < 1.29 is 15.0 Å². The Bertz CT molecular complexity index is 228. The van der Waals surface area contributed by atoms with Crippen LogP contribution in [-0.2, 0) is 4.79 Å². The van der Waals surface area contributed by atoms with Crippen LogP contribution in [0.4, 0.5) is 0 Å². The van der Waals surface area contributed by atoms with Crippen LogP contribution < -0.4 is 10.6 Å². The summed E-state index contributed by atoms with van der Waals surface area (Å²) in [6.45, 7) is 3.33. The quantitative estimate of drug-likeness (QED) is 0.514. The molecule has 0 radical (unpaired) electrons. The van der Waals surface area contributed by atoms with Crippen LogP contribution in [0.3, 0.4) is 0 Å². The lowest BCUT2D eigenvalue weighted by molar-refractivity contribution is -0.125. The van der Waals surface area contributed by atoms with E-state index in [4.69, 9.17) is 0 Å². The summed E-state index contributed by atoms with van der Waals surface area (Å²) in [7, 11) is 0. The van der Waals surface area contributed by atoms with E-state index in [0.717, 1.165) is 25.9 Å². The predicted octanol–water partition coefficient (Wildman–Crippen LogP) is -0.374. The molecule has 0 atom stereocenters. The molecule has 5 nitrogen and oxygen atoms in total. The van der Waals surface area contributed by atoms with Crippen LogP contribution in [0.15, 0.2) is 0 Å². The van der Waals surface area contributed by atoms with Crippen molar-refractivity contribution in [2.45, 2.75) is 38.1 Å². The molecule has 100 valence electrons. The number of aliphatic hydroxyl groups is 2. The molecule has 0 aromatic heterocycles. The highest BCUT2D eigenvalue weighted by Gasteiger charge is 2.29. The maximum atomic E-state index is 11.8. The van der Waals surface area contributed by atoms with Crippen molar-refractivity contribution in [3.63, 3.8) is 0 Å². The van der Waals surface area contributed by atoms with Gasteiger partial charge in [-0.1, -0.05) is 6.92 Å². The third kappa shape index (κ3) is 4.26. The number of nitrogens with one attached hydrogen (secondary N) is 2. The first kappa shape index (κ1) is 14.4. The minimum atomic E-state index is -0.857. The smallest absolute Gasteiger partial charge is 0.220 e. The van der Waals surface area contributed by atoms with Crippen molar-refractivity contribution in [1.82, 2.24) is 10.6 Å². The average Bonchev–Trinajstić information content (AvgIpc) is 2.37. The molecule has 1 amide bonds. The molecular formula is C12H24N2O3. The van der Waals surface area contributed by atoms with E-state index in [1.165, 1.54) is 0 Å². The van der Waals surface area contributed by atoms with Crippen LogP contribution in [0, 0.1) is 5.92 Å². The number of hydrogen-bond acceptors (Lipinski definition) is 4. The zero-order chi connectivity index (χ0) is 12.7. The van der Waals surface area contributed by atoms with Crippen LogP contribution >= 0.6 is 0 Å². The maximum Gasteiger partial charge on any atom is 0.220 e. The zero-order valence-corrected chi connectivity index (χ0v) is 10.5. The van der Waals surface area contributed by atoms with Gasteiger partial charge in [0.05, 0.1) is 18.8 Å². The van der Waals surface area contributed by atoms with E-state index in [-0.39, 0.29) is 19.1 Å². The highest BCUT2D eigenvalue weighted by atomic mass is 16.3. The van der Waals surface area contributed by atoms with Crippen LogP contribution in [-0.4, -0.2) is 48.0 Å². The molecule has 0 aromatic rings. The van der Waals surface area contributed by atoms with Crippen molar-refractivity contribution in [3.8, 4) is 0 Å². The molecular weight excluding hydrogens is 220 g/mol. The van der Waals surface area contributed by atoms with Gasteiger partial charge in [-0.2, -0.15) is 0 Å². The van der Waals surface area contributed by atoms with Crippen molar-refractivity contribution in [2.24, 2.45) is 5.92 Å². The minimum Gasteiger partial charge on any atom is -0.394 e. The second-order valence-corrected chi connectivity index (χ2v) is 4.90. The van der Waals surface area contributed by atoms with Crippen molar-refractivity contribution in [1.29, 1.82) is 0 Å². The normalized spacial score (nSPS) is 18.1. The molecule has 0 unspecified atom stereocenters. The second-order valence-electron chi connectivity index (χ2n) is 4.90. The monoisotopic (exact) mass is 244 g/mol. The van der Waals surface area contributed by atoms with Gasteiger partial charge in [-0.3, -0.25) is 4.79 Å². The van der Waals surface area contributed by atoms with Crippen LogP contribution in [0.1, 0.15) is 32.6 Å². The maximum absolute atomic E-state index is 11.8. The lowest BCUT2D eigenvalue weighted by Gasteiger charge is -2.31. The van der Waals surface area contributed by atoms with Crippen LogP contribution in [0.5, 0.6) is 0 Å². The molecule has 0 bridgehead atoms. The van der Waals surface area contributed by atoms with Gasteiger partial charge >= 0.3 is 0 Å². The third-order valence-corrected chi connectivity index (χ3v) is 3.62. The molecule has 0 aliphatic carbocycles. The lowest BCUT2D eigenvalue weighted by atomic mass is 9.92. The van der Waals surface area contributed by atoms with Crippen LogP contribution in [0.25, 0.3) is 0 Å². The zero-order valence-electron chi connectivity index (χ0n) is 10.5. The summed E-state index contributed by atoms with van der Waals surface area (Å²) in [5, 5.41) is 24.5. The average molecular weight is 244 g/mol. The van der Waals surface area contributed by atoms with Gasteiger partial charge in [0.15, 0.2) is 0 Å². The highest BCUT2D eigenvalue weighted by molar-refractivity contribution is 5.77. The topological polar surface area (TPSA) is 81.6 Å². The first-order valence-electron chi connectivity index (χ1n) is 6.39.